The van der Waals surface area contributed by atoms with E-state index in [1.54, 1.807) is 12.1 Å². The molecule has 0 atom stereocenters. The third-order valence-corrected chi connectivity index (χ3v) is 3.36. The molecule has 2 rings (SSSR count). The van der Waals surface area contributed by atoms with Crippen LogP contribution >= 0.6 is 11.8 Å². The molecule has 0 bridgehead atoms. The van der Waals surface area contributed by atoms with Crippen LogP contribution in [0.4, 0.5) is 0 Å². The molecule has 100 valence electrons. The summed E-state index contributed by atoms with van der Waals surface area (Å²) in [6, 6.07) is 10.9. The lowest BCUT2D eigenvalue weighted by atomic mass is 10.1. The van der Waals surface area contributed by atoms with Gasteiger partial charge in [0.25, 0.3) is 5.91 Å². The number of thioether (sulfide) groups is 1. The summed E-state index contributed by atoms with van der Waals surface area (Å²) in [5.74, 6) is 0.0406. The van der Waals surface area contributed by atoms with Gasteiger partial charge in [0, 0.05) is 6.54 Å². The molecule has 2 aromatic rings. The van der Waals surface area contributed by atoms with E-state index in [4.69, 9.17) is 4.42 Å². The third-order valence-electron chi connectivity index (χ3n) is 2.73. The van der Waals surface area contributed by atoms with Gasteiger partial charge in [-0.2, -0.15) is 0 Å². The molecular weight excluding hydrogens is 262 g/mol. The highest BCUT2D eigenvalue weighted by atomic mass is 32.2. The van der Waals surface area contributed by atoms with Crippen molar-refractivity contribution in [2.24, 2.45) is 0 Å². The van der Waals surface area contributed by atoms with Gasteiger partial charge in [0.15, 0.2) is 10.9 Å². The molecule has 0 spiro atoms. The predicted molar refractivity (Wildman–Crippen MR) is 74.0 cm³/mol. The van der Waals surface area contributed by atoms with Crippen LogP contribution < -0.4 is 5.32 Å². The van der Waals surface area contributed by atoms with Gasteiger partial charge in [0.05, 0.1) is 6.61 Å². The second kappa shape index (κ2) is 6.45. The molecule has 0 saturated carbocycles. The SMILES string of the molecule is CSc1ccc(C(=O)NCc2ccccc2CO)o1. The average molecular weight is 277 g/mol. The van der Waals surface area contributed by atoms with E-state index in [9.17, 15) is 9.90 Å². The second-order valence-electron chi connectivity index (χ2n) is 3.93. The van der Waals surface area contributed by atoms with E-state index in [1.165, 1.54) is 11.8 Å². The maximum absolute atomic E-state index is 11.9. The summed E-state index contributed by atoms with van der Waals surface area (Å²) in [6.07, 6.45) is 1.89. The normalized spacial score (nSPS) is 10.4. The Balaban J connectivity index is 2.00. The molecule has 0 unspecified atom stereocenters. The van der Waals surface area contributed by atoms with Gasteiger partial charge >= 0.3 is 0 Å². The summed E-state index contributed by atoms with van der Waals surface area (Å²) in [4.78, 5) is 11.9. The van der Waals surface area contributed by atoms with E-state index < -0.39 is 0 Å². The highest BCUT2D eigenvalue weighted by Crippen LogP contribution is 2.18. The molecule has 0 radical (unpaired) electrons. The van der Waals surface area contributed by atoms with Gasteiger partial charge in [-0.05, 0) is 29.5 Å². The average Bonchev–Trinajstić information content (AvgIpc) is 2.94. The Labute approximate surface area is 115 Å². The Bertz CT molecular complexity index is 565. The maximum Gasteiger partial charge on any atom is 0.287 e. The smallest absolute Gasteiger partial charge is 0.287 e. The summed E-state index contributed by atoms with van der Waals surface area (Å²) >= 11 is 1.45. The highest BCUT2D eigenvalue weighted by Gasteiger charge is 2.11. The molecule has 2 N–H and O–H groups in total. The number of amides is 1. The van der Waals surface area contributed by atoms with Crippen LogP contribution in [0.1, 0.15) is 21.7 Å². The van der Waals surface area contributed by atoms with Crippen LogP contribution in [0.5, 0.6) is 0 Å². The van der Waals surface area contributed by atoms with Crippen LogP contribution in [0, 0.1) is 0 Å². The highest BCUT2D eigenvalue weighted by molar-refractivity contribution is 7.98. The number of aliphatic hydroxyl groups excluding tert-OH is 1. The molecule has 1 amide bonds. The van der Waals surface area contributed by atoms with Crippen molar-refractivity contribution in [2.45, 2.75) is 18.2 Å². The largest absolute Gasteiger partial charge is 0.445 e. The zero-order chi connectivity index (χ0) is 13.7. The van der Waals surface area contributed by atoms with Crippen molar-refractivity contribution in [3.63, 3.8) is 0 Å². The van der Waals surface area contributed by atoms with Crippen LogP contribution in [0.3, 0.4) is 0 Å². The third kappa shape index (κ3) is 3.39. The summed E-state index contributed by atoms with van der Waals surface area (Å²) in [6.45, 7) is 0.328. The fourth-order valence-corrected chi connectivity index (χ4v) is 2.08. The first-order valence-corrected chi connectivity index (χ1v) is 7.06. The first-order valence-electron chi connectivity index (χ1n) is 5.84. The van der Waals surface area contributed by atoms with Gasteiger partial charge in [-0.1, -0.05) is 36.0 Å². The Morgan fingerprint density at radius 1 is 1.26 bits per heavy atom. The minimum Gasteiger partial charge on any atom is -0.445 e. The van der Waals surface area contributed by atoms with Crippen LogP contribution in [-0.4, -0.2) is 17.3 Å². The Kier molecular flexibility index (Phi) is 4.65. The number of hydrogen-bond donors (Lipinski definition) is 2. The molecule has 1 aromatic carbocycles. The second-order valence-corrected chi connectivity index (χ2v) is 4.74. The van der Waals surface area contributed by atoms with Crippen LogP contribution in [0.15, 0.2) is 45.9 Å². The summed E-state index contributed by atoms with van der Waals surface area (Å²) in [5, 5.41) is 12.7. The van der Waals surface area contributed by atoms with Gasteiger partial charge in [0.1, 0.15) is 0 Å². The molecule has 1 aromatic heterocycles. The number of carbonyl (C=O) groups is 1. The van der Waals surface area contributed by atoms with Gasteiger partial charge in [-0.3, -0.25) is 4.79 Å². The van der Waals surface area contributed by atoms with Crippen LogP contribution in [0.25, 0.3) is 0 Å². The van der Waals surface area contributed by atoms with Gasteiger partial charge in [0.2, 0.25) is 0 Å². The van der Waals surface area contributed by atoms with Crippen LogP contribution in [-0.2, 0) is 13.2 Å². The first kappa shape index (κ1) is 13.7. The topological polar surface area (TPSA) is 62.5 Å². The number of nitrogens with one attached hydrogen (secondary N) is 1. The zero-order valence-corrected chi connectivity index (χ0v) is 11.4. The molecule has 19 heavy (non-hydrogen) atoms. The lowest BCUT2D eigenvalue weighted by Gasteiger charge is -2.07. The quantitative estimate of drug-likeness (QED) is 0.824. The minimum atomic E-state index is -0.256. The van der Waals surface area contributed by atoms with Crippen molar-refractivity contribution in [1.29, 1.82) is 0 Å². The molecule has 0 aliphatic carbocycles. The predicted octanol–water partition coefficient (Wildman–Crippen LogP) is 2.42. The number of benzene rings is 1. The molecule has 0 aliphatic heterocycles. The lowest BCUT2D eigenvalue weighted by Crippen LogP contribution is -2.22. The molecular formula is C14H15NO3S. The van der Waals surface area contributed by atoms with Crippen LogP contribution in [0.2, 0.25) is 0 Å². The zero-order valence-electron chi connectivity index (χ0n) is 10.6. The van der Waals surface area contributed by atoms with E-state index in [-0.39, 0.29) is 12.5 Å². The molecule has 5 heteroatoms. The van der Waals surface area contributed by atoms with Crippen molar-refractivity contribution in [3.8, 4) is 0 Å². The van der Waals surface area contributed by atoms with E-state index in [0.29, 0.717) is 17.4 Å². The first-order chi connectivity index (χ1) is 9.24. The maximum atomic E-state index is 11.9. The molecule has 0 fully saturated rings. The summed E-state index contributed by atoms with van der Waals surface area (Å²) in [5.41, 5.74) is 1.71. The van der Waals surface area contributed by atoms with Crippen molar-refractivity contribution in [1.82, 2.24) is 5.32 Å². The van der Waals surface area contributed by atoms with Crippen molar-refractivity contribution in [2.75, 3.05) is 6.26 Å². The van der Waals surface area contributed by atoms with Crippen molar-refractivity contribution < 1.29 is 14.3 Å². The Morgan fingerprint density at radius 2 is 2.00 bits per heavy atom. The Hall–Kier alpha value is -1.72. The number of aliphatic hydroxyl groups is 1. The number of hydrogen-bond acceptors (Lipinski definition) is 4. The number of carbonyl (C=O) groups excluding carboxylic acids is 1. The van der Waals surface area contributed by atoms with E-state index in [2.05, 4.69) is 5.32 Å². The van der Waals surface area contributed by atoms with E-state index in [0.717, 1.165) is 11.1 Å². The number of furan rings is 1. The minimum absolute atomic E-state index is 0.0383. The Morgan fingerprint density at radius 3 is 2.63 bits per heavy atom. The molecule has 4 nitrogen and oxygen atoms in total. The number of rotatable bonds is 5. The fourth-order valence-electron chi connectivity index (χ4n) is 1.70. The van der Waals surface area contributed by atoms with Crippen molar-refractivity contribution >= 4 is 17.7 Å². The van der Waals surface area contributed by atoms with E-state index >= 15 is 0 Å². The van der Waals surface area contributed by atoms with Gasteiger partial charge < -0.3 is 14.8 Å². The molecule has 0 aliphatic rings. The standard InChI is InChI=1S/C14H15NO3S/c1-19-13-7-6-12(18-13)14(17)15-8-10-4-2-3-5-11(10)9-16/h2-7,16H,8-9H2,1H3,(H,15,17). The summed E-state index contributed by atoms with van der Waals surface area (Å²) in [7, 11) is 0. The fraction of sp³-hybridized carbons (Fsp3) is 0.214. The van der Waals surface area contributed by atoms with Gasteiger partial charge in [-0.15, -0.1) is 0 Å². The van der Waals surface area contributed by atoms with Gasteiger partial charge in [-0.25, -0.2) is 0 Å². The van der Waals surface area contributed by atoms with Crippen molar-refractivity contribution in [3.05, 3.63) is 53.3 Å². The monoisotopic (exact) mass is 277 g/mol. The molecule has 0 saturated heterocycles. The molecule has 1 heterocycles. The van der Waals surface area contributed by atoms with E-state index in [1.807, 2.05) is 30.5 Å². The lowest BCUT2D eigenvalue weighted by molar-refractivity contribution is 0.0918. The summed E-state index contributed by atoms with van der Waals surface area (Å²) < 4.78 is 5.34.